The van der Waals surface area contributed by atoms with Crippen molar-refractivity contribution in [2.24, 2.45) is 0 Å². The van der Waals surface area contributed by atoms with Gasteiger partial charge in [0.2, 0.25) is 0 Å². The second kappa shape index (κ2) is 4.46. The molecule has 0 saturated carbocycles. The van der Waals surface area contributed by atoms with Gasteiger partial charge in [0.15, 0.2) is 18.4 Å². The monoisotopic (exact) mass is 176 g/mol. The Morgan fingerprint density at radius 3 is 2.46 bits per heavy atom. The van der Waals surface area contributed by atoms with E-state index in [2.05, 4.69) is 6.07 Å². The average Bonchev–Trinajstić information content (AvgIpc) is 2.20. The molecule has 0 amide bonds. The Bertz CT molecular complexity index is 289. The van der Waals surface area contributed by atoms with Crippen molar-refractivity contribution in [3.05, 3.63) is 30.6 Å². The van der Waals surface area contributed by atoms with Gasteiger partial charge in [0.25, 0.3) is 0 Å². The summed E-state index contributed by atoms with van der Waals surface area (Å²) in [5.41, 5.74) is 0. The Kier molecular flexibility index (Phi) is 3.27. The van der Waals surface area contributed by atoms with E-state index >= 15 is 0 Å². The number of hydrogen-bond acceptors (Lipinski definition) is 2. The van der Waals surface area contributed by atoms with E-state index in [9.17, 15) is 0 Å². The molecule has 1 aromatic heterocycles. The van der Waals surface area contributed by atoms with Crippen LogP contribution in [0, 0.1) is 11.3 Å². The van der Waals surface area contributed by atoms with E-state index < -0.39 is 0 Å². The lowest BCUT2D eigenvalue weighted by molar-refractivity contribution is -0.695. The summed E-state index contributed by atoms with van der Waals surface area (Å²) in [6, 6.07) is 7.98. The summed E-state index contributed by atoms with van der Waals surface area (Å²) in [7, 11) is 0. The van der Waals surface area contributed by atoms with Crippen molar-refractivity contribution in [3.63, 3.8) is 0 Å². The molecule has 0 spiro atoms. The molecule has 3 heteroatoms. The molecule has 0 aromatic carbocycles. The maximum atomic E-state index is 8.79. The zero-order valence-electron chi connectivity index (χ0n) is 8.01. The van der Waals surface area contributed by atoms with E-state index in [1.807, 2.05) is 54.1 Å². The second-order valence-corrected chi connectivity index (χ2v) is 2.82. The Morgan fingerprint density at radius 2 is 2.00 bits per heavy atom. The first kappa shape index (κ1) is 9.53. The molecule has 0 radical (unpaired) electrons. The van der Waals surface area contributed by atoms with Gasteiger partial charge in [-0.15, -0.1) is 0 Å². The average molecular weight is 176 g/mol. The number of hydrogen-bond donors (Lipinski definition) is 0. The van der Waals surface area contributed by atoms with Crippen molar-refractivity contribution in [2.75, 3.05) is 11.6 Å². The highest BCUT2D eigenvalue weighted by Crippen LogP contribution is 1.89. The minimum absolute atomic E-state index is 0.0996. The quantitative estimate of drug-likeness (QED) is 0.639. The summed E-state index contributed by atoms with van der Waals surface area (Å²) >= 11 is 0. The van der Waals surface area contributed by atoms with E-state index in [-0.39, 0.29) is 6.04 Å². The predicted molar refractivity (Wildman–Crippen MR) is 50.5 cm³/mol. The maximum Gasteiger partial charge on any atom is 0.199 e. The first-order chi connectivity index (χ1) is 6.29. The summed E-state index contributed by atoms with van der Waals surface area (Å²) in [4.78, 5) is 0. The molecule has 0 N–H and O–H groups in total. The molecule has 0 saturated heterocycles. The molecular weight excluding hydrogens is 162 g/mol. The summed E-state index contributed by atoms with van der Waals surface area (Å²) in [5, 5.41) is 10.8. The number of pyridine rings is 1. The van der Waals surface area contributed by atoms with Crippen LogP contribution in [-0.4, -0.2) is 12.6 Å². The minimum atomic E-state index is -0.0996. The highest BCUT2D eigenvalue weighted by Gasteiger charge is 2.17. The van der Waals surface area contributed by atoms with Gasteiger partial charge >= 0.3 is 0 Å². The van der Waals surface area contributed by atoms with E-state index in [0.717, 1.165) is 6.54 Å². The van der Waals surface area contributed by atoms with Crippen molar-refractivity contribution >= 4 is 0 Å². The van der Waals surface area contributed by atoms with E-state index in [4.69, 9.17) is 5.26 Å². The molecule has 0 aliphatic heterocycles. The third kappa shape index (κ3) is 2.19. The third-order valence-electron chi connectivity index (χ3n) is 1.95. The Labute approximate surface area is 78.8 Å². The standard InChI is InChI=1S/C10H14N3/c1-3-13(10(2)9-11)12-7-5-4-6-8-12/h4-8,10H,3H2,1-2H3/q+1. The zero-order chi connectivity index (χ0) is 9.68. The van der Waals surface area contributed by atoms with Crippen LogP contribution in [0.4, 0.5) is 0 Å². The molecule has 1 heterocycles. The van der Waals surface area contributed by atoms with Gasteiger partial charge in [0, 0.05) is 12.1 Å². The van der Waals surface area contributed by atoms with Crippen LogP contribution in [0.25, 0.3) is 0 Å². The highest BCUT2D eigenvalue weighted by molar-refractivity contribution is 4.96. The highest BCUT2D eigenvalue weighted by atomic mass is 15.5. The molecule has 1 rings (SSSR count). The summed E-state index contributed by atoms with van der Waals surface area (Å²) < 4.78 is 1.94. The van der Waals surface area contributed by atoms with E-state index in [1.165, 1.54) is 0 Å². The first-order valence-corrected chi connectivity index (χ1v) is 4.42. The predicted octanol–water partition coefficient (Wildman–Crippen LogP) is 0.844. The van der Waals surface area contributed by atoms with Crippen molar-refractivity contribution in [2.45, 2.75) is 19.9 Å². The lowest BCUT2D eigenvalue weighted by atomic mass is 10.3. The summed E-state index contributed by atoms with van der Waals surface area (Å²) in [5.74, 6) is 0. The third-order valence-corrected chi connectivity index (χ3v) is 1.95. The van der Waals surface area contributed by atoms with Gasteiger partial charge in [0.1, 0.15) is 0 Å². The Hall–Kier alpha value is -1.56. The number of nitriles is 1. The van der Waals surface area contributed by atoms with Gasteiger partial charge in [-0.3, -0.25) is 0 Å². The first-order valence-electron chi connectivity index (χ1n) is 4.42. The van der Waals surface area contributed by atoms with Gasteiger partial charge < -0.3 is 0 Å². The topological polar surface area (TPSA) is 30.9 Å². The maximum absolute atomic E-state index is 8.79. The van der Waals surface area contributed by atoms with Crippen LogP contribution in [0.3, 0.4) is 0 Å². The molecule has 0 bridgehead atoms. The van der Waals surface area contributed by atoms with Gasteiger partial charge in [-0.1, -0.05) is 10.7 Å². The van der Waals surface area contributed by atoms with Gasteiger partial charge in [-0.05, 0) is 13.8 Å². The van der Waals surface area contributed by atoms with E-state index in [0.29, 0.717) is 0 Å². The van der Waals surface area contributed by atoms with Crippen LogP contribution >= 0.6 is 0 Å². The molecule has 3 nitrogen and oxygen atoms in total. The lowest BCUT2D eigenvalue weighted by Crippen LogP contribution is -2.60. The normalized spacial score (nSPS) is 11.8. The van der Waals surface area contributed by atoms with Gasteiger partial charge in [-0.2, -0.15) is 10.3 Å². The fourth-order valence-corrected chi connectivity index (χ4v) is 1.26. The Balaban J connectivity index is 2.86. The molecule has 68 valence electrons. The van der Waals surface area contributed by atoms with Crippen LogP contribution in [0.1, 0.15) is 13.8 Å². The van der Waals surface area contributed by atoms with Crippen LogP contribution in [0.2, 0.25) is 0 Å². The fourth-order valence-electron chi connectivity index (χ4n) is 1.26. The number of nitrogens with zero attached hydrogens (tertiary/aromatic N) is 3. The molecule has 1 aromatic rings. The smallest absolute Gasteiger partial charge is 0.196 e. The summed E-state index contributed by atoms with van der Waals surface area (Å²) in [6.07, 6.45) is 3.88. The molecule has 13 heavy (non-hydrogen) atoms. The van der Waals surface area contributed by atoms with Crippen molar-refractivity contribution < 1.29 is 4.68 Å². The Morgan fingerprint density at radius 1 is 1.38 bits per heavy atom. The van der Waals surface area contributed by atoms with Crippen molar-refractivity contribution in [3.8, 4) is 6.07 Å². The van der Waals surface area contributed by atoms with Crippen LogP contribution < -0.4 is 9.69 Å². The lowest BCUT2D eigenvalue weighted by Gasteiger charge is -2.17. The fraction of sp³-hybridized carbons (Fsp3) is 0.400. The molecule has 0 fully saturated rings. The number of rotatable bonds is 3. The molecule has 0 aliphatic carbocycles. The summed E-state index contributed by atoms with van der Waals surface area (Å²) in [6.45, 7) is 4.75. The minimum Gasteiger partial charge on any atom is -0.196 e. The molecular formula is C10H14N3+. The van der Waals surface area contributed by atoms with Gasteiger partial charge in [0.05, 0.1) is 12.6 Å². The van der Waals surface area contributed by atoms with Crippen LogP contribution in [0.15, 0.2) is 30.6 Å². The van der Waals surface area contributed by atoms with E-state index in [1.54, 1.807) is 0 Å². The van der Waals surface area contributed by atoms with Crippen molar-refractivity contribution in [1.29, 1.82) is 5.26 Å². The van der Waals surface area contributed by atoms with Gasteiger partial charge in [-0.25, -0.2) is 0 Å². The van der Waals surface area contributed by atoms with Crippen molar-refractivity contribution in [1.82, 2.24) is 0 Å². The molecule has 0 aliphatic rings. The number of aromatic nitrogens is 1. The molecule has 1 atom stereocenters. The van der Waals surface area contributed by atoms with Crippen LogP contribution in [0.5, 0.6) is 0 Å². The SMILES string of the molecule is CCN(C(C)C#N)[n+]1ccccc1. The largest absolute Gasteiger partial charge is 0.199 e. The van der Waals surface area contributed by atoms with Crippen LogP contribution in [-0.2, 0) is 0 Å². The second-order valence-electron chi connectivity index (χ2n) is 2.82. The molecule has 1 unspecified atom stereocenters. The zero-order valence-corrected chi connectivity index (χ0v) is 8.01.